The summed E-state index contributed by atoms with van der Waals surface area (Å²) in [5, 5.41) is 12.1. The monoisotopic (exact) mass is 238 g/mol. The average molecular weight is 238 g/mol. The number of methoxy groups -OCH3 is 1. The topological polar surface area (TPSA) is 54.4 Å². The quantitative estimate of drug-likeness (QED) is 0.758. The number of aromatic nitrogens is 1. The number of hydrogen-bond donors (Lipinski definition) is 2. The van der Waals surface area contributed by atoms with Crippen LogP contribution in [0, 0.1) is 6.92 Å². The molecule has 1 aromatic rings. The fourth-order valence-electron chi connectivity index (χ4n) is 1.69. The van der Waals surface area contributed by atoms with Crippen molar-refractivity contribution in [2.24, 2.45) is 0 Å². The van der Waals surface area contributed by atoms with Gasteiger partial charge in [-0.3, -0.25) is 4.98 Å². The second-order valence-corrected chi connectivity index (χ2v) is 4.29. The van der Waals surface area contributed by atoms with Gasteiger partial charge in [0.15, 0.2) is 0 Å². The summed E-state index contributed by atoms with van der Waals surface area (Å²) < 4.78 is 5.21. The summed E-state index contributed by atoms with van der Waals surface area (Å²) in [7, 11) is 1.66. The van der Waals surface area contributed by atoms with Crippen LogP contribution in [0.5, 0.6) is 5.75 Å². The largest absolute Gasteiger partial charge is 0.497 e. The summed E-state index contributed by atoms with van der Waals surface area (Å²) in [5.74, 6) is 0.845. The van der Waals surface area contributed by atoms with E-state index in [4.69, 9.17) is 9.84 Å². The third kappa shape index (κ3) is 5.15. The number of hydrogen-bond acceptors (Lipinski definition) is 4. The molecule has 4 heteroatoms. The number of aliphatic hydroxyl groups is 1. The normalized spacial score (nSPS) is 12.5. The molecule has 0 aliphatic heterocycles. The maximum absolute atomic E-state index is 8.75. The van der Waals surface area contributed by atoms with Crippen molar-refractivity contribution < 1.29 is 9.84 Å². The van der Waals surface area contributed by atoms with Gasteiger partial charge >= 0.3 is 0 Å². The van der Waals surface area contributed by atoms with Gasteiger partial charge in [-0.2, -0.15) is 0 Å². The zero-order chi connectivity index (χ0) is 12.7. The molecular formula is C13H22N2O2. The van der Waals surface area contributed by atoms with Crippen LogP contribution in [-0.2, 0) is 6.54 Å². The smallest absolute Gasteiger partial charge is 0.122 e. The molecule has 0 fully saturated rings. The van der Waals surface area contributed by atoms with Crippen LogP contribution in [0.15, 0.2) is 12.1 Å². The molecule has 2 N–H and O–H groups in total. The molecule has 1 heterocycles. The molecule has 96 valence electrons. The highest BCUT2D eigenvalue weighted by atomic mass is 16.5. The molecule has 0 saturated carbocycles. The van der Waals surface area contributed by atoms with Crippen molar-refractivity contribution in [1.82, 2.24) is 10.3 Å². The molecule has 4 nitrogen and oxygen atoms in total. The Morgan fingerprint density at radius 2 is 2.24 bits per heavy atom. The highest BCUT2D eigenvalue weighted by Gasteiger charge is 2.04. The Kier molecular flexibility index (Phi) is 5.94. The lowest BCUT2D eigenvalue weighted by molar-refractivity contribution is 0.276. The lowest BCUT2D eigenvalue weighted by atomic mass is 10.2. The molecule has 1 unspecified atom stereocenters. The van der Waals surface area contributed by atoms with E-state index in [-0.39, 0.29) is 6.61 Å². The molecule has 0 bridgehead atoms. The SMILES string of the molecule is COc1cc(C)nc(CNC(C)CCCO)c1. The van der Waals surface area contributed by atoms with Crippen molar-refractivity contribution in [2.75, 3.05) is 13.7 Å². The Labute approximate surface area is 103 Å². The van der Waals surface area contributed by atoms with Crippen molar-refractivity contribution >= 4 is 0 Å². The van der Waals surface area contributed by atoms with Gasteiger partial charge in [-0.1, -0.05) is 0 Å². The van der Waals surface area contributed by atoms with Gasteiger partial charge in [0.25, 0.3) is 0 Å². The van der Waals surface area contributed by atoms with Crippen LogP contribution < -0.4 is 10.1 Å². The number of pyridine rings is 1. The minimum atomic E-state index is 0.253. The first kappa shape index (κ1) is 13.9. The van der Waals surface area contributed by atoms with Crippen molar-refractivity contribution in [3.8, 4) is 5.75 Å². The van der Waals surface area contributed by atoms with Crippen LogP contribution in [0.4, 0.5) is 0 Å². The number of aliphatic hydroxyl groups excluding tert-OH is 1. The summed E-state index contributed by atoms with van der Waals surface area (Å²) in [5.41, 5.74) is 1.95. The first-order valence-corrected chi connectivity index (χ1v) is 6.01. The number of aryl methyl sites for hydroxylation is 1. The minimum Gasteiger partial charge on any atom is -0.497 e. The van der Waals surface area contributed by atoms with Gasteiger partial charge < -0.3 is 15.2 Å². The van der Waals surface area contributed by atoms with Crippen LogP contribution in [0.25, 0.3) is 0 Å². The third-order valence-corrected chi connectivity index (χ3v) is 2.64. The van der Waals surface area contributed by atoms with Crippen LogP contribution in [0.2, 0.25) is 0 Å². The lowest BCUT2D eigenvalue weighted by Gasteiger charge is -2.13. The Bertz CT molecular complexity index is 342. The summed E-state index contributed by atoms with van der Waals surface area (Å²) in [6, 6.07) is 4.24. The van der Waals surface area contributed by atoms with E-state index in [1.807, 2.05) is 19.1 Å². The van der Waals surface area contributed by atoms with Crippen LogP contribution in [-0.4, -0.2) is 29.8 Å². The van der Waals surface area contributed by atoms with E-state index in [1.54, 1.807) is 7.11 Å². The van der Waals surface area contributed by atoms with Crippen molar-refractivity contribution in [1.29, 1.82) is 0 Å². The summed E-state index contributed by atoms with van der Waals surface area (Å²) >= 11 is 0. The molecular weight excluding hydrogens is 216 g/mol. The van der Waals surface area contributed by atoms with Gasteiger partial charge in [-0.25, -0.2) is 0 Å². The summed E-state index contributed by atoms with van der Waals surface area (Å²) in [4.78, 5) is 4.44. The van der Waals surface area contributed by atoms with E-state index in [1.165, 1.54) is 0 Å². The first-order chi connectivity index (χ1) is 8.15. The highest BCUT2D eigenvalue weighted by Crippen LogP contribution is 2.13. The Morgan fingerprint density at radius 3 is 2.88 bits per heavy atom. The van der Waals surface area contributed by atoms with Crippen molar-refractivity contribution in [2.45, 2.75) is 39.3 Å². The molecule has 0 aliphatic carbocycles. The van der Waals surface area contributed by atoms with E-state index in [0.29, 0.717) is 6.04 Å². The van der Waals surface area contributed by atoms with Crippen molar-refractivity contribution in [3.05, 3.63) is 23.5 Å². The number of nitrogens with zero attached hydrogens (tertiary/aromatic N) is 1. The van der Waals surface area contributed by atoms with E-state index in [0.717, 1.165) is 36.5 Å². The zero-order valence-electron chi connectivity index (χ0n) is 10.9. The van der Waals surface area contributed by atoms with Crippen LogP contribution >= 0.6 is 0 Å². The van der Waals surface area contributed by atoms with Gasteiger partial charge in [-0.05, 0) is 26.7 Å². The Morgan fingerprint density at radius 1 is 1.47 bits per heavy atom. The Balaban J connectivity index is 2.48. The Hall–Kier alpha value is -1.13. The molecule has 17 heavy (non-hydrogen) atoms. The summed E-state index contributed by atoms with van der Waals surface area (Å²) in [6.45, 7) is 5.05. The molecule has 0 amide bonds. The van der Waals surface area contributed by atoms with Gasteiger partial charge in [0.2, 0.25) is 0 Å². The number of nitrogens with one attached hydrogen (secondary N) is 1. The van der Waals surface area contributed by atoms with Gasteiger partial charge in [0, 0.05) is 37.0 Å². The minimum absolute atomic E-state index is 0.253. The molecule has 0 radical (unpaired) electrons. The van der Waals surface area contributed by atoms with Crippen LogP contribution in [0.3, 0.4) is 0 Å². The third-order valence-electron chi connectivity index (χ3n) is 2.64. The van der Waals surface area contributed by atoms with E-state index < -0.39 is 0 Å². The standard InChI is InChI=1S/C13H22N2O2/c1-10(5-4-6-16)14-9-12-8-13(17-3)7-11(2)15-12/h7-8,10,14,16H,4-6,9H2,1-3H3. The van der Waals surface area contributed by atoms with E-state index in [9.17, 15) is 0 Å². The van der Waals surface area contributed by atoms with Crippen molar-refractivity contribution in [3.63, 3.8) is 0 Å². The van der Waals surface area contributed by atoms with Gasteiger partial charge in [0.05, 0.1) is 12.8 Å². The molecule has 1 atom stereocenters. The molecule has 1 rings (SSSR count). The predicted molar refractivity (Wildman–Crippen MR) is 68.1 cm³/mol. The summed E-state index contributed by atoms with van der Waals surface area (Å²) in [6.07, 6.45) is 1.80. The molecule has 0 spiro atoms. The lowest BCUT2D eigenvalue weighted by Crippen LogP contribution is -2.26. The maximum atomic E-state index is 8.75. The zero-order valence-corrected chi connectivity index (χ0v) is 10.9. The second kappa shape index (κ2) is 7.25. The molecule has 0 aromatic carbocycles. The van der Waals surface area contributed by atoms with E-state index in [2.05, 4.69) is 17.2 Å². The average Bonchev–Trinajstić information content (AvgIpc) is 2.33. The van der Waals surface area contributed by atoms with Gasteiger partial charge in [-0.15, -0.1) is 0 Å². The fraction of sp³-hybridized carbons (Fsp3) is 0.615. The molecule has 0 saturated heterocycles. The van der Waals surface area contributed by atoms with Crippen LogP contribution in [0.1, 0.15) is 31.2 Å². The fourth-order valence-corrected chi connectivity index (χ4v) is 1.69. The van der Waals surface area contributed by atoms with Gasteiger partial charge in [0.1, 0.15) is 5.75 Å². The van der Waals surface area contributed by atoms with E-state index >= 15 is 0 Å². The molecule has 0 aliphatic rings. The maximum Gasteiger partial charge on any atom is 0.122 e. The predicted octanol–water partition coefficient (Wildman–Crippen LogP) is 1.65. The number of rotatable bonds is 7. The highest BCUT2D eigenvalue weighted by molar-refractivity contribution is 5.26. The number of ether oxygens (including phenoxy) is 1. The molecule has 1 aromatic heterocycles. The second-order valence-electron chi connectivity index (χ2n) is 4.29. The first-order valence-electron chi connectivity index (χ1n) is 6.01.